The van der Waals surface area contributed by atoms with Crippen LogP contribution in [0, 0.1) is 5.92 Å². The van der Waals surface area contributed by atoms with E-state index in [2.05, 4.69) is 43.3 Å². The minimum atomic E-state index is 0. The van der Waals surface area contributed by atoms with Crippen molar-refractivity contribution in [2.24, 2.45) is 5.92 Å². The van der Waals surface area contributed by atoms with Crippen LogP contribution in [-0.2, 0) is 12.8 Å². The van der Waals surface area contributed by atoms with E-state index in [-0.39, 0.29) is 7.43 Å². The van der Waals surface area contributed by atoms with Crippen LogP contribution in [0.25, 0.3) is 0 Å². The molecule has 1 unspecified atom stereocenters. The van der Waals surface area contributed by atoms with Gasteiger partial charge in [-0.1, -0.05) is 93.2 Å². The number of benzene rings is 2. The Morgan fingerprint density at radius 3 is 2.21 bits per heavy atom. The molecule has 0 nitrogen and oxygen atoms in total. The second-order valence-electron chi connectivity index (χ2n) is 6.48. The van der Waals surface area contributed by atoms with E-state index in [9.17, 15) is 0 Å². The third-order valence-electron chi connectivity index (χ3n) is 4.42. The molecule has 0 bridgehead atoms. The Balaban J connectivity index is 0.00000288. The van der Waals surface area contributed by atoms with E-state index in [0.29, 0.717) is 10.0 Å². The molecule has 2 aromatic carbocycles. The Hall–Kier alpha value is -0.980. The Morgan fingerprint density at radius 1 is 0.750 bits per heavy atom. The summed E-state index contributed by atoms with van der Waals surface area (Å²) >= 11 is 12.0. The number of hydrogen-bond donors (Lipinski definition) is 0. The van der Waals surface area contributed by atoms with Gasteiger partial charge in [-0.3, -0.25) is 0 Å². The highest BCUT2D eigenvalue weighted by Crippen LogP contribution is 2.24. The molecule has 0 radical (unpaired) electrons. The number of unbranched alkanes of at least 4 members (excludes halogenated alkanes) is 2. The van der Waals surface area contributed by atoms with E-state index in [4.69, 9.17) is 23.2 Å². The van der Waals surface area contributed by atoms with Gasteiger partial charge in [-0.05, 0) is 54.9 Å². The maximum absolute atomic E-state index is 6.07. The number of rotatable bonds is 9. The summed E-state index contributed by atoms with van der Waals surface area (Å²) in [6, 6.07) is 16.8. The molecular weight excluding hydrogens is 335 g/mol. The van der Waals surface area contributed by atoms with Gasteiger partial charge in [0.2, 0.25) is 0 Å². The molecule has 0 aliphatic rings. The van der Waals surface area contributed by atoms with Crippen molar-refractivity contribution in [2.75, 3.05) is 0 Å². The predicted molar refractivity (Wildman–Crippen MR) is 109 cm³/mol. The zero-order valence-corrected chi connectivity index (χ0v) is 15.4. The third-order valence-corrected chi connectivity index (χ3v) is 5.15. The van der Waals surface area contributed by atoms with Gasteiger partial charge in [0, 0.05) is 0 Å². The van der Waals surface area contributed by atoms with Crippen LogP contribution in [0.1, 0.15) is 57.6 Å². The highest BCUT2D eigenvalue weighted by molar-refractivity contribution is 6.42. The van der Waals surface area contributed by atoms with Crippen molar-refractivity contribution >= 4 is 23.2 Å². The molecule has 132 valence electrons. The van der Waals surface area contributed by atoms with Crippen LogP contribution in [0.3, 0.4) is 0 Å². The van der Waals surface area contributed by atoms with Gasteiger partial charge in [0.15, 0.2) is 0 Å². The molecule has 0 saturated carbocycles. The monoisotopic (exact) mass is 364 g/mol. The fourth-order valence-electron chi connectivity index (χ4n) is 2.90. The van der Waals surface area contributed by atoms with Crippen molar-refractivity contribution in [2.45, 2.75) is 59.3 Å². The predicted octanol–water partition coefficient (Wildman–Crippen LogP) is 8.00. The van der Waals surface area contributed by atoms with E-state index in [0.717, 1.165) is 12.3 Å². The first-order valence-electron chi connectivity index (χ1n) is 8.63. The zero-order valence-electron chi connectivity index (χ0n) is 13.9. The molecule has 2 rings (SSSR count). The summed E-state index contributed by atoms with van der Waals surface area (Å²) in [6.45, 7) is 2.36. The molecular formula is C22H30Cl2. The fraction of sp³-hybridized carbons (Fsp3) is 0.455. The number of halogens is 2. The molecule has 0 fully saturated rings. The summed E-state index contributed by atoms with van der Waals surface area (Å²) in [5.74, 6) is 0.765. The Bertz CT molecular complexity index is 578. The lowest BCUT2D eigenvalue weighted by Gasteiger charge is -2.11. The lowest BCUT2D eigenvalue weighted by Crippen LogP contribution is -1.98. The van der Waals surface area contributed by atoms with Crippen LogP contribution in [0.2, 0.25) is 10.0 Å². The highest BCUT2D eigenvalue weighted by atomic mass is 35.5. The Labute approximate surface area is 158 Å². The molecule has 0 aliphatic carbocycles. The topological polar surface area (TPSA) is 0 Å². The summed E-state index contributed by atoms with van der Waals surface area (Å²) < 4.78 is 0. The lowest BCUT2D eigenvalue weighted by atomic mass is 9.95. The first-order valence-corrected chi connectivity index (χ1v) is 9.38. The summed E-state index contributed by atoms with van der Waals surface area (Å²) in [5, 5.41) is 1.31. The molecule has 0 aliphatic heterocycles. The minimum Gasteiger partial charge on any atom is -0.0827 e. The van der Waals surface area contributed by atoms with Gasteiger partial charge >= 0.3 is 0 Å². The van der Waals surface area contributed by atoms with Crippen molar-refractivity contribution in [3.05, 3.63) is 69.7 Å². The van der Waals surface area contributed by atoms with Gasteiger partial charge in [0.05, 0.1) is 10.0 Å². The summed E-state index contributed by atoms with van der Waals surface area (Å²) in [6.07, 6.45) is 8.78. The Kier molecular flexibility index (Phi) is 10.1. The second-order valence-corrected chi connectivity index (χ2v) is 7.29. The molecule has 1 atom stereocenters. The maximum atomic E-state index is 6.07. The normalized spacial score (nSPS) is 11.8. The molecule has 0 spiro atoms. The Morgan fingerprint density at radius 2 is 1.50 bits per heavy atom. The van der Waals surface area contributed by atoms with Gasteiger partial charge in [-0.25, -0.2) is 0 Å². The molecule has 24 heavy (non-hydrogen) atoms. The molecule has 0 N–H and O–H groups in total. The first-order chi connectivity index (χ1) is 11.1. The van der Waals surface area contributed by atoms with Crippen molar-refractivity contribution in [3.8, 4) is 0 Å². The van der Waals surface area contributed by atoms with Gasteiger partial charge in [-0.15, -0.1) is 0 Å². The average Bonchev–Trinajstić information content (AvgIpc) is 2.56. The minimum absolute atomic E-state index is 0. The van der Waals surface area contributed by atoms with Crippen LogP contribution >= 0.6 is 23.2 Å². The fourth-order valence-corrected chi connectivity index (χ4v) is 3.22. The zero-order chi connectivity index (χ0) is 16.5. The number of aryl methyl sites for hydroxylation is 2. The standard InChI is InChI=1S/C21H26Cl2.CH4/c1-17(12-13-19-14-15-20(22)21(23)16-19)8-4-2-5-9-18-10-6-3-7-11-18;/h3,6-7,10-11,14-17H,2,4-5,8-9,12-13H2,1H3;1H4. The number of hydrogen-bond acceptors (Lipinski definition) is 0. The van der Waals surface area contributed by atoms with E-state index < -0.39 is 0 Å². The largest absolute Gasteiger partial charge is 0.0827 e. The van der Waals surface area contributed by atoms with Crippen LogP contribution in [0.5, 0.6) is 0 Å². The third kappa shape index (κ3) is 7.73. The van der Waals surface area contributed by atoms with Gasteiger partial charge in [0.1, 0.15) is 0 Å². The lowest BCUT2D eigenvalue weighted by molar-refractivity contribution is 0.461. The SMILES string of the molecule is C.CC(CCCCCc1ccccc1)CCc1ccc(Cl)c(Cl)c1. The van der Waals surface area contributed by atoms with E-state index in [1.165, 1.54) is 49.7 Å². The van der Waals surface area contributed by atoms with Gasteiger partial charge < -0.3 is 0 Å². The molecule has 0 heterocycles. The van der Waals surface area contributed by atoms with E-state index in [1.54, 1.807) is 0 Å². The van der Waals surface area contributed by atoms with E-state index >= 15 is 0 Å². The molecule has 0 aromatic heterocycles. The van der Waals surface area contributed by atoms with Crippen LogP contribution in [0.4, 0.5) is 0 Å². The highest BCUT2D eigenvalue weighted by Gasteiger charge is 2.05. The van der Waals surface area contributed by atoms with Crippen LogP contribution in [-0.4, -0.2) is 0 Å². The first kappa shape index (κ1) is 21.1. The van der Waals surface area contributed by atoms with Crippen molar-refractivity contribution in [1.82, 2.24) is 0 Å². The summed E-state index contributed by atoms with van der Waals surface area (Å²) in [5.41, 5.74) is 2.75. The van der Waals surface area contributed by atoms with Crippen LogP contribution in [0.15, 0.2) is 48.5 Å². The van der Waals surface area contributed by atoms with Crippen molar-refractivity contribution < 1.29 is 0 Å². The summed E-state index contributed by atoms with van der Waals surface area (Å²) in [4.78, 5) is 0. The second kappa shape index (κ2) is 11.6. The van der Waals surface area contributed by atoms with Crippen LogP contribution < -0.4 is 0 Å². The molecule has 0 amide bonds. The smallest absolute Gasteiger partial charge is 0.0595 e. The molecule has 2 heteroatoms. The van der Waals surface area contributed by atoms with Gasteiger partial charge in [0.25, 0.3) is 0 Å². The van der Waals surface area contributed by atoms with Gasteiger partial charge in [-0.2, -0.15) is 0 Å². The maximum Gasteiger partial charge on any atom is 0.0595 e. The van der Waals surface area contributed by atoms with Crippen molar-refractivity contribution in [3.63, 3.8) is 0 Å². The molecule has 0 saturated heterocycles. The average molecular weight is 365 g/mol. The molecule has 2 aromatic rings. The van der Waals surface area contributed by atoms with Crippen molar-refractivity contribution in [1.29, 1.82) is 0 Å². The summed E-state index contributed by atoms with van der Waals surface area (Å²) in [7, 11) is 0. The van der Waals surface area contributed by atoms with E-state index in [1.807, 2.05) is 12.1 Å². The quantitative estimate of drug-likeness (QED) is 0.395.